The van der Waals surface area contributed by atoms with Crippen LogP contribution >= 0.6 is 0 Å². The number of nitrogens with zero attached hydrogens (tertiary/aromatic N) is 2. The number of rotatable bonds is 3. The molecule has 3 saturated heterocycles. The van der Waals surface area contributed by atoms with Crippen LogP contribution in [0.2, 0.25) is 0 Å². The molecule has 3 aliphatic heterocycles. The highest BCUT2D eigenvalue weighted by Crippen LogP contribution is 2.27. The fourth-order valence-electron chi connectivity index (χ4n) is 4.25. The summed E-state index contributed by atoms with van der Waals surface area (Å²) in [6.07, 6.45) is 2.08. The summed E-state index contributed by atoms with van der Waals surface area (Å²) < 4.78 is 32.3. The summed E-state index contributed by atoms with van der Waals surface area (Å²) in [6.45, 7) is 8.16. The number of hydrogen-bond donors (Lipinski definition) is 1. The Bertz CT molecular complexity index is 445. The lowest BCUT2D eigenvalue weighted by Crippen LogP contribution is -2.50. The lowest BCUT2D eigenvalue weighted by Gasteiger charge is -2.39. The van der Waals surface area contributed by atoms with Crippen molar-refractivity contribution in [3.63, 3.8) is 0 Å². The molecule has 7 heteroatoms. The molecule has 0 spiro atoms. The summed E-state index contributed by atoms with van der Waals surface area (Å²) in [5.74, 6) is -2.33. The number of ether oxygens (including phenoxy) is 1. The second-order valence-electron chi connectivity index (χ2n) is 7.74. The third-order valence-corrected chi connectivity index (χ3v) is 5.35. The molecule has 0 aromatic heterocycles. The van der Waals surface area contributed by atoms with E-state index in [1.807, 2.05) is 0 Å². The first-order valence-corrected chi connectivity index (χ1v) is 9.10. The number of carbonyl (C=O) groups excluding carboxylic acids is 1. The van der Waals surface area contributed by atoms with E-state index < -0.39 is 12.0 Å². The van der Waals surface area contributed by atoms with Gasteiger partial charge < -0.3 is 9.64 Å². The number of hydrogen-bond acceptors (Lipinski definition) is 4. The Labute approximate surface area is 142 Å². The van der Waals surface area contributed by atoms with Crippen molar-refractivity contribution < 1.29 is 18.3 Å². The molecule has 0 aliphatic carbocycles. The van der Waals surface area contributed by atoms with Gasteiger partial charge in [-0.15, -0.1) is 0 Å². The Morgan fingerprint density at radius 3 is 2.38 bits per heavy atom. The van der Waals surface area contributed by atoms with Crippen LogP contribution in [-0.4, -0.2) is 79.1 Å². The minimum Gasteiger partial charge on any atom is -0.373 e. The fourth-order valence-corrected chi connectivity index (χ4v) is 4.25. The Balaban J connectivity index is 1.43. The lowest BCUT2D eigenvalue weighted by atomic mass is 9.95. The maximum absolute atomic E-state index is 13.3. The van der Waals surface area contributed by atoms with Gasteiger partial charge in [0.1, 0.15) is 0 Å². The molecule has 1 N–H and O–H groups in total. The van der Waals surface area contributed by atoms with Crippen LogP contribution in [0.25, 0.3) is 0 Å². The van der Waals surface area contributed by atoms with Gasteiger partial charge in [0.15, 0.2) is 0 Å². The Kier molecular flexibility index (Phi) is 5.42. The van der Waals surface area contributed by atoms with Gasteiger partial charge in [0.25, 0.3) is 5.92 Å². The minimum atomic E-state index is -2.75. The van der Waals surface area contributed by atoms with Crippen LogP contribution in [0, 0.1) is 5.92 Å². The summed E-state index contributed by atoms with van der Waals surface area (Å²) in [7, 11) is 0. The molecule has 138 valence electrons. The minimum absolute atomic E-state index is 0.153. The first kappa shape index (κ1) is 18.0. The van der Waals surface area contributed by atoms with Crippen LogP contribution in [0.5, 0.6) is 0 Å². The topological polar surface area (TPSA) is 44.8 Å². The summed E-state index contributed by atoms with van der Waals surface area (Å²) in [5.41, 5.74) is 0. The number of likely N-dealkylation sites (tertiary alicyclic amines) is 1. The predicted octanol–water partition coefficient (Wildman–Crippen LogP) is 1.33. The maximum atomic E-state index is 13.3. The van der Waals surface area contributed by atoms with E-state index in [2.05, 4.69) is 24.1 Å². The molecule has 3 heterocycles. The van der Waals surface area contributed by atoms with Crippen molar-refractivity contribution in [1.82, 2.24) is 15.1 Å². The molecule has 3 fully saturated rings. The SMILES string of the molecule is CC1CN(CC2CCN(C(=O)C3CC(F)(F)CN3)CC2)CC(C)O1. The van der Waals surface area contributed by atoms with Crippen LogP contribution in [0.15, 0.2) is 0 Å². The van der Waals surface area contributed by atoms with Crippen LogP contribution in [0.1, 0.15) is 33.1 Å². The highest BCUT2D eigenvalue weighted by Gasteiger charge is 2.43. The highest BCUT2D eigenvalue weighted by atomic mass is 19.3. The van der Waals surface area contributed by atoms with Gasteiger partial charge >= 0.3 is 0 Å². The van der Waals surface area contributed by atoms with Gasteiger partial charge in [-0.05, 0) is 32.6 Å². The van der Waals surface area contributed by atoms with Gasteiger partial charge in [0.2, 0.25) is 5.91 Å². The Morgan fingerprint density at radius 1 is 1.21 bits per heavy atom. The molecule has 0 aromatic rings. The second kappa shape index (κ2) is 7.22. The van der Waals surface area contributed by atoms with E-state index in [0.29, 0.717) is 19.0 Å². The van der Waals surface area contributed by atoms with Crippen molar-refractivity contribution in [3.05, 3.63) is 0 Å². The van der Waals surface area contributed by atoms with Crippen molar-refractivity contribution in [2.45, 2.75) is 57.3 Å². The third kappa shape index (κ3) is 4.43. The van der Waals surface area contributed by atoms with Crippen LogP contribution in [0.4, 0.5) is 8.78 Å². The maximum Gasteiger partial charge on any atom is 0.262 e. The van der Waals surface area contributed by atoms with Crippen molar-refractivity contribution in [1.29, 1.82) is 0 Å². The van der Waals surface area contributed by atoms with E-state index in [9.17, 15) is 13.6 Å². The first-order valence-electron chi connectivity index (χ1n) is 9.10. The third-order valence-electron chi connectivity index (χ3n) is 5.35. The van der Waals surface area contributed by atoms with E-state index in [1.54, 1.807) is 4.90 Å². The van der Waals surface area contributed by atoms with Crippen LogP contribution in [-0.2, 0) is 9.53 Å². The second-order valence-corrected chi connectivity index (χ2v) is 7.74. The quantitative estimate of drug-likeness (QED) is 0.838. The summed E-state index contributed by atoms with van der Waals surface area (Å²) in [4.78, 5) is 16.6. The van der Waals surface area contributed by atoms with Crippen molar-refractivity contribution in [2.75, 3.05) is 39.3 Å². The molecular formula is C17H29F2N3O2. The molecule has 0 radical (unpaired) electrons. The van der Waals surface area contributed by atoms with Crippen LogP contribution in [0.3, 0.4) is 0 Å². The molecule has 24 heavy (non-hydrogen) atoms. The number of piperidine rings is 1. The standard InChI is InChI=1S/C17H29F2N3O2/c1-12-8-21(9-13(2)24-12)10-14-3-5-22(6-4-14)16(23)15-7-17(18,19)11-20-15/h12-15,20H,3-11H2,1-2H3. The highest BCUT2D eigenvalue weighted by molar-refractivity contribution is 5.82. The smallest absolute Gasteiger partial charge is 0.262 e. The fraction of sp³-hybridized carbons (Fsp3) is 0.941. The average Bonchev–Trinajstić information content (AvgIpc) is 2.86. The number of halogens is 2. The van der Waals surface area contributed by atoms with Crippen LogP contribution < -0.4 is 5.32 Å². The van der Waals surface area contributed by atoms with Gasteiger partial charge in [0.05, 0.1) is 24.8 Å². The van der Waals surface area contributed by atoms with Gasteiger partial charge in [-0.2, -0.15) is 0 Å². The number of amides is 1. The largest absolute Gasteiger partial charge is 0.373 e. The van der Waals surface area contributed by atoms with Crippen molar-refractivity contribution in [2.24, 2.45) is 5.92 Å². The van der Waals surface area contributed by atoms with E-state index in [1.165, 1.54) is 0 Å². The first-order chi connectivity index (χ1) is 11.3. The van der Waals surface area contributed by atoms with E-state index >= 15 is 0 Å². The lowest BCUT2D eigenvalue weighted by molar-refractivity contribution is -0.135. The van der Waals surface area contributed by atoms with Gasteiger partial charge in [-0.3, -0.25) is 15.0 Å². The molecule has 3 unspecified atom stereocenters. The molecule has 0 aromatic carbocycles. The molecule has 3 atom stereocenters. The molecule has 3 rings (SSSR count). The monoisotopic (exact) mass is 345 g/mol. The molecule has 3 aliphatic rings. The Morgan fingerprint density at radius 2 is 1.83 bits per heavy atom. The number of alkyl halides is 2. The van der Waals surface area contributed by atoms with Gasteiger partial charge in [-0.25, -0.2) is 8.78 Å². The predicted molar refractivity (Wildman–Crippen MR) is 87.1 cm³/mol. The molecule has 1 amide bonds. The van der Waals surface area contributed by atoms with Crippen molar-refractivity contribution in [3.8, 4) is 0 Å². The average molecular weight is 345 g/mol. The molecule has 0 bridgehead atoms. The molecular weight excluding hydrogens is 316 g/mol. The number of carbonyl (C=O) groups is 1. The molecule has 5 nitrogen and oxygen atoms in total. The van der Waals surface area contributed by atoms with E-state index in [4.69, 9.17) is 4.74 Å². The van der Waals surface area contributed by atoms with E-state index in [-0.39, 0.29) is 31.1 Å². The summed E-state index contributed by atoms with van der Waals surface area (Å²) in [6, 6.07) is -0.711. The van der Waals surface area contributed by atoms with Gasteiger partial charge in [-0.1, -0.05) is 0 Å². The van der Waals surface area contributed by atoms with Crippen molar-refractivity contribution >= 4 is 5.91 Å². The number of morpholine rings is 1. The number of nitrogens with one attached hydrogen (secondary N) is 1. The Hall–Kier alpha value is -0.790. The summed E-state index contributed by atoms with van der Waals surface area (Å²) >= 11 is 0. The zero-order valence-electron chi connectivity index (χ0n) is 14.6. The summed E-state index contributed by atoms with van der Waals surface area (Å²) in [5, 5.41) is 2.67. The van der Waals surface area contributed by atoms with E-state index in [0.717, 1.165) is 32.5 Å². The molecule has 0 saturated carbocycles. The zero-order chi connectivity index (χ0) is 17.3. The van der Waals surface area contributed by atoms with Gasteiger partial charge in [0, 0.05) is 39.1 Å². The zero-order valence-corrected chi connectivity index (χ0v) is 14.6. The normalized spacial score (nSPS) is 35.3.